The molecule has 0 atom stereocenters. The lowest BCUT2D eigenvalue weighted by molar-refractivity contribution is 0.0895. The molecule has 0 bridgehead atoms. The molecule has 168 valence electrons. The molecule has 5 rings (SSSR count). The van der Waals surface area contributed by atoms with Crippen LogP contribution in [0.3, 0.4) is 0 Å². The summed E-state index contributed by atoms with van der Waals surface area (Å²) in [6.07, 6.45) is 10.7. The molecule has 3 heterocycles. The van der Waals surface area contributed by atoms with Gasteiger partial charge in [-0.15, -0.1) is 0 Å². The number of hydrogen-bond acceptors (Lipinski definition) is 6. The predicted octanol–water partition coefficient (Wildman–Crippen LogP) is 4.89. The fourth-order valence-electron chi connectivity index (χ4n) is 5.10. The van der Waals surface area contributed by atoms with Gasteiger partial charge >= 0.3 is 0 Å². The number of benzene rings is 1. The van der Waals surface area contributed by atoms with Crippen LogP contribution in [0.4, 0.5) is 15.9 Å². The topological polar surface area (TPSA) is 66.0 Å². The number of aromatic nitrogens is 3. The van der Waals surface area contributed by atoms with E-state index in [1.807, 2.05) is 19.4 Å². The number of fused-ring (bicyclic) bond motifs is 1. The standard InChI is InChI=1S/C25H31FN6/c1-27-21-12-18(14-28-15-21)17-2-7-24-23(13-17)25(30-16-29-24)31-20-3-5-22(6-4-20)32-10-8-19(26)9-11-32/h2,7,12-16,19-20,22,27H,3-6,8-11H2,1H3,(H,29,30,31). The first kappa shape index (κ1) is 21.1. The maximum atomic E-state index is 13.5. The van der Waals surface area contributed by atoms with E-state index in [0.29, 0.717) is 24.9 Å². The van der Waals surface area contributed by atoms with Crippen LogP contribution in [0, 0.1) is 0 Å². The lowest BCUT2D eigenvalue weighted by Gasteiger charge is -2.39. The number of alkyl halides is 1. The molecule has 1 saturated carbocycles. The Labute approximate surface area is 188 Å². The lowest BCUT2D eigenvalue weighted by Crippen LogP contribution is -2.45. The Morgan fingerprint density at radius 3 is 2.53 bits per heavy atom. The van der Waals surface area contributed by atoms with Crippen LogP contribution < -0.4 is 10.6 Å². The van der Waals surface area contributed by atoms with Crippen molar-refractivity contribution in [2.45, 2.75) is 56.8 Å². The highest BCUT2D eigenvalue weighted by molar-refractivity contribution is 5.92. The van der Waals surface area contributed by atoms with E-state index in [-0.39, 0.29) is 0 Å². The second-order valence-corrected chi connectivity index (χ2v) is 9.03. The summed E-state index contributed by atoms with van der Waals surface area (Å²) in [6.45, 7) is 1.82. The molecule has 2 aliphatic rings. The smallest absolute Gasteiger partial charge is 0.137 e. The Hall–Kier alpha value is -2.80. The molecular formula is C25H31FN6. The number of anilines is 2. The Bertz CT molecular complexity index is 1060. The van der Waals surface area contributed by atoms with E-state index in [1.165, 1.54) is 0 Å². The molecule has 7 heteroatoms. The van der Waals surface area contributed by atoms with Crippen LogP contribution in [0.25, 0.3) is 22.0 Å². The van der Waals surface area contributed by atoms with Crippen LogP contribution >= 0.6 is 0 Å². The minimum Gasteiger partial charge on any atom is -0.387 e. The summed E-state index contributed by atoms with van der Waals surface area (Å²) in [4.78, 5) is 15.9. The molecule has 0 unspecified atom stereocenters. The second kappa shape index (κ2) is 9.36. The summed E-state index contributed by atoms with van der Waals surface area (Å²) in [5.74, 6) is 0.899. The fraction of sp³-hybridized carbons (Fsp3) is 0.480. The van der Waals surface area contributed by atoms with Gasteiger partial charge in [0.2, 0.25) is 0 Å². The van der Waals surface area contributed by atoms with Crippen LogP contribution in [0.5, 0.6) is 0 Å². The van der Waals surface area contributed by atoms with Gasteiger partial charge in [-0.05, 0) is 62.3 Å². The molecule has 2 N–H and O–H groups in total. The molecular weight excluding hydrogens is 403 g/mol. The highest BCUT2D eigenvalue weighted by Crippen LogP contribution is 2.31. The van der Waals surface area contributed by atoms with Crippen molar-refractivity contribution in [1.82, 2.24) is 19.9 Å². The van der Waals surface area contributed by atoms with Crippen LogP contribution in [-0.2, 0) is 0 Å². The van der Waals surface area contributed by atoms with Crippen LogP contribution in [0.15, 0.2) is 43.0 Å². The zero-order valence-electron chi connectivity index (χ0n) is 18.6. The molecule has 2 fully saturated rings. The van der Waals surface area contributed by atoms with E-state index in [1.54, 1.807) is 6.33 Å². The minimum absolute atomic E-state index is 0.404. The molecule has 6 nitrogen and oxygen atoms in total. The fourth-order valence-corrected chi connectivity index (χ4v) is 5.10. The number of nitrogens with one attached hydrogen (secondary N) is 2. The summed E-state index contributed by atoms with van der Waals surface area (Å²) >= 11 is 0. The van der Waals surface area contributed by atoms with Crippen molar-refractivity contribution in [3.8, 4) is 11.1 Å². The Balaban J connectivity index is 1.30. The average Bonchev–Trinajstić information content (AvgIpc) is 2.85. The number of piperidine rings is 1. The number of nitrogens with zero attached hydrogens (tertiary/aromatic N) is 4. The van der Waals surface area contributed by atoms with E-state index >= 15 is 0 Å². The first-order chi connectivity index (χ1) is 15.7. The molecule has 3 aromatic rings. The SMILES string of the molecule is CNc1cncc(-c2ccc3ncnc(NC4CCC(N5CCC(F)CC5)CC4)c3c2)c1. The van der Waals surface area contributed by atoms with Gasteiger partial charge in [-0.2, -0.15) is 0 Å². The summed E-state index contributed by atoms with van der Waals surface area (Å²) in [5.41, 5.74) is 4.08. The second-order valence-electron chi connectivity index (χ2n) is 9.03. The van der Waals surface area contributed by atoms with E-state index in [9.17, 15) is 4.39 Å². The highest BCUT2D eigenvalue weighted by atomic mass is 19.1. The van der Waals surface area contributed by atoms with E-state index in [2.05, 4.69) is 54.8 Å². The lowest BCUT2D eigenvalue weighted by atomic mass is 9.89. The van der Waals surface area contributed by atoms with Crippen molar-refractivity contribution >= 4 is 22.4 Å². The molecule has 0 radical (unpaired) electrons. The summed E-state index contributed by atoms with van der Waals surface area (Å²) < 4.78 is 13.5. The van der Waals surface area contributed by atoms with Gasteiger partial charge < -0.3 is 15.5 Å². The maximum Gasteiger partial charge on any atom is 0.137 e. The van der Waals surface area contributed by atoms with E-state index in [4.69, 9.17) is 0 Å². The number of likely N-dealkylation sites (tertiary alicyclic amines) is 1. The van der Waals surface area contributed by atoms with E-state index in [0.717, 1.165) is 72.3 Å². The first-order valence-electron chi connectivity index (χ1n) is 11.7. The van der Waals surface area contributed by atoms with Crippen LogP contribution in [-0.4, -0.2) is 58.2 Å². The molecule has 1 saturated heterocycles. The largest absolute Gasteiger partial charge is 0.387 e. The Kier molecular flexibility index (Phi) is 6.17. The molecule has 0 spiro atoms. The zero-order valence-corrected chi connectivity index (χ0v) is 18.6. The van der Waals surface area contributed by atoms with Crippen molar-refractivity contribution in [2.24, 2.45) is 0 Å². The van der Waals surface area contributed by atoms with Gasteiger partial charge in [-0.3, -0.25) is 4.98 Å². The Morgan fingerprint density at radius 2 is 1.75 bits per heavy atom. The van der Waals surface area contributed by atoms with Crippen LogP contribution in [0.2, 0.25) is 0 Å². The third-order valence-electron chi connectivity index (χ3n) is 7.01. The molecule has 0 amide bonds. The van der Waals surface area contributed by atoms with Crippen LogP contribution in [0.1, 0.15) is 38.5 Å². The van der Waals surface area contributed by atoms with Gasteiger partial charge in [0.15, 0.2) is 0 Å². The van der Waals surface area contributed by atoms with E-state index < -0.39 is 6.17 Å². The number of hydrogen-bond donors (Lipinski definition) is 2. The number of halogens is 1. The van der Waals surface area contributed by atoms with Gasteiger partial charge in [0.05, 0.1) is 11.2 Å². The maximum absolute atomic E-state index is 13.5. The molecule has 1 aliphatic carbocycles. The molecule has 1 aromatic carbocycles. The molecule has 32 heavy (non-hydrogen) atoms. The monoisotopic (exact) mass is 434 g/mol. The van der Waals surface area contributed by atoms with Crippen molar-refractivity contribution < 1.29 is 4.39 Å². The first-order valence-corrected chi connectivity index (χ1v) is 11.7. The minimum atomic E-state index is -0.600. The molecule has 1 aliphatic heterocycles. The van der Waals surface area contributed by atoms with Crippen molar-refractivity contribution in [2.75, 3.05) is 30.8 Å². The zero-order chi connectivity index (χ0) is 21.9. The normalized spacial score (nSPS) is 22.7. The van der Waals surface area contributed by atoms with Crippen molar-refractivity contribution in [3.05, 3.63) is 43.0 Å². The quantitative estimate of drug-likeness (QED) is 0.596. The number of pyridine rings is 1. The Morgan fingerprint density at radius 1 is 0.938 bits per heavy atom. The summed E-state index contributed by atoms with van der Waals surface area (Å²) in [6, 6.07) is 9.39. The summed E-state index contributed by atoms with van der Waals surface area (Å²) in [7, 11) is 1.90. The highest BCUT2D eigenvalue weighted by Gasteiger charge is 2.29. The van der Waals surface area contributed by atoms with Crippen molar-refractivity contribution in [3.63, 3.8) is 0 Å². The third-order valence-corrected chi connectivity index (χ3v) is 7.01. The van der Waals surface area contributed by atoms with Gasteiger partial charge in [0.25, 0.3) is 0 Å². The number of rotatable bonds is 5. The van der Waals surface area contributed by atoms with Gasteiger partial charge in [-0.25, -0.2) is 14.4 Å². The predicted molar refractivity (Wildman–Crippen MR) is 128 cm³/mol. The molecule has 2 aromatic heterocycles. The van der Waals surface area contributed by atoms with Gasteiger partial charge in [-0.1, -0.05) is 6.07 Å². The third kappa shape index (κ3) is 4.53. The summed E-state index contributed by atoms with van der Waals surface area (Å²) in [5, 5.41) is 7.88. The van der Waals surface area contributed by atoms with Crippen molar-refractivity contribution in [1.29, 1.82) is 0 Å². The van der Waals surface area contributed by atoms with Gasteiger partial charge in [0, 0.05) is 55.6 Å². The average molecular weight is 435 g/mol. The van der Waals surface area contributed by atoms with Gasteiger partial charge in [0.1, 0.15) is 18.3 Å².